The molecule has 0 saturated carbocycles. The molecule has 0 aliphatic heterocycles. The molecule has 0 atom stereocenters. The minimum absolute atomic E-state index is 0.692. The summed E-state index contributed by atoms with van der Waals surface area (Å²) in [5.74, 6) is 0. The molecule has 0 spiro atoms. The molecular formula is C5H3N3O. The van der Waals surface area contributed by atoms with E-state index in [2.05, 4.69) is 19.9 Å². The zero-order valence-corrected chi connectivity index (χ0v) is 4.48. The fraction of sp³-hybridized carbons (Fsp3) is 0. The molecule has 0 aliphatic carbocycles. The second kappa shape index (κ2) is 1.51. The molecule has 0 fully saturated rings. The Bertz CT molecular complexity index is 286. The first kappa shape index (κ1) is 4.43. The second-order valence-corrected chi connectivity index (χ2v) is 1.62. The standard InChI is InChI=1S/C5H3N3O/c1-2-6-7-5-3-9-8-4(1)5/h1-3H. The predicted octanol–water partition coefficient (Wildman–Crippen LogP) is 0.618. The minimum atomic E-state index is 0.692. The summed E-state index contributed by atoms with van der Waals surface area (Å²) in [5, 5.41) is 11.0. The van der Waals surface area contributed by atoms with E-state index in [1.54, 1.807) is 12.3 Å². The second-order valence-electron chi connectivity index (χ2n) is 1.62. The molecule has 0 N–H and O–H groups in total. The highest BCUT2D eigenvalue weighted by Crippen LogP contribution is 2.03. The van der Waals surface area contributed by atoms with E-state index in [4.69, 9.17) is 0 Å². The van der Waals surface area contributed by atoms with Gasteiger partial charge in [-0.3, -0.25) is 0 Å². The summed E-state index contributed by atoms with van der Waals surface area (Å²) in [5.41, 5.74) is 1.43. The van der Waals surface area contributed by atoms with Crippen LogP contribution in [0.4, 0.5) is 0 Å². The highest BCUT2D eigenvalue weighted by atomic mass is 16.5. The van der Waals surface area contributed by atoms with Crippen molar-refractivity contribution < 1.29 is 4.52 Å². The molecule has 0 unspecified atom stereocenters. The van der Waals surface area contributed by atoms with Crippen molar-refractivity contribution >= 4 is 11.0 Å². The lowest BCUT2D eigenvalue weighted by Gasteiger charge is -1.76. The largest absolute Gasteiger partial charge is 0.362 e. The third-order valence-electron chi connectivity index (χ3n) is 1.04. The van der Waals surface area contributed by atoms with Gasteiger partial charge in [-0.1, -0.05) is 5.16 Å². The fourth-order valence-electron chi connectivity index (χ4n) is 0.630. The third kappa shape index (κ3) is 0.561. The lowest BCUT2D eigenvalue weighted by atomic mass is 10.4. The zero-order valence-electron chi connectivity index (χ0n) is 4.48. The van der Waals surface area contributed by atoms with Gasteiger partial charge in [0, 0.05) is 0 Å². The summed E-state index contributed by atoms with van der Waals surface area (Å²) in [4.78, 5) is 0. The van der Waals surface area contributed by atoms with Gasteiger partial charge in [-0.25, -0.2) is 0 Å². The average molecular weight is 121 g/mol. The monoisotopic (exact) mass is 121 g/mol. The SMILES string of the molecule is c1cc2nocc2nn1. The van der Waals surface area contributed by atoms with E-state index in [1.165, 1.54) is 6.26 Å². The van der Waals surface area contributed by atoms with Crippen LogP contribution < -0.4 is 0 Å². The van der Waals surface area contributed by atoms with Crippen LogP contribution in [0.3, 0.4) is 0 Å². The van der Waals surface area contributed by atoms with Crippen molar-refractivity contribution in [2.45, 2.75) is 0 Å². The summed E-state index contributed by atoms with van der Waals surface area (Å²) < 4.78 is 4.61. The minimum Gasteiger partial charge on any atom is -0.362 e. The lowest BCUT2D eigenvalue weighted by Crippen LogP contribution is -1.76. The number of fused-ring (bicyclic) bond motifs is 1. The number of aromatic nitrogens is 3. The van der Waals surface area contributed by atoms with E-state index in [1.807, 2.05) is 0 Å². The number of nitrogens with zero attached hydrogens (tertiary/aromatic N) is 3. The molecule has 0 bridgehead atoms. The van der Waals surface area contributed by atoms with E-state index < -0.39 is 0 Å². The molecule has 2 heterocycles. The van der Waals surface area contributed by atoms with Crippen LogP contribution in [0, 0.1) is 0 Å². The Balaban J connectivity index is 2.95. The van der Waals surface area contributed by atoms with Gasteiger partial charge in [-0.2, -0.15) is 5.10 Å². The summed E-state index contributed by atoms with van der Waals surface area (Å²) in [6, 6.07) is 1.74. The van der Waals surface area contributed by atoms with Gasteiger partial charge in [0.05, 0.1) is 6.20 Å². The Morgan fingerprint density at radius 2 is 2.33 bits per heavy atom. The topological polar surface area (TPSA) is 51.8 Å². The van der Waals surface area contributed by atoms with Gasteiger partial charge in [0.2, 0.25) is 0 Å². The van der Waals surface area contributed by atoms with Crippen molar-refractivity contribution in [3.8, 4) is 0 Å². The Kier molecular flexibility index (Phi) is 0.745. The molecule has 2 aromatic rings. The fourth-order valence-corrected chi connectivity index (χ4v) is 0.630. The first-order chi connectivity index (χ1) is 4.47. The van der Waals surface area contributed by atoms with Crippen molar-refractivity contribution in [3.63, 3.8) is 0 Å². The highest BCUT2D eigenvalue weighted by Gasteiger charge is 1.94. The Hall–Kier alpha value is -1.45. The van der Waals surface area contributed by atoms with E-state index >= 15 is 0 Å². The van der Waals surface area contributed by atoms with E-state index in [9.17, 15) is 0 Å². The van der Waals surface area contributed by atoms with Gasteiger partial charge in [-0.05, 0) is 6.07 Å². The lowest BCUT2D eigenvalue weighted by molar-refractivity contribution is 0.428. The Labute approximate surface area is 50.5 Å². The van der Waals surface area contributed by atoms with Crippen LogP contribution in [0.2, 0.25) is 0 Å². The zero-order chi connectivity index (χ0) is 6.10. The molecule has 2 aromatic heterocycles. The molecule has 0 amide bonds. The van der Waals surface area contributed by atoms with Crippen LogP contribution in [0.5, 0.6) is 0 Å². The van der Waals surface area contributed by atoms with E-state index in [0.717, 1.165) is 5.52 Å². The molecule has 9 heavy (non-hydrogen) atoms. The van der Waals surface area contributed by atoms with Gasteiger partial charge in [0.1, 0.15) is 5.52 Å². The summed E-state index contributed by atoms with van der Waals surface area (Å²) in [6.45, 7) is 0. The molecule has 0 saturated heterocycles. The van der Waals surface area contributed by atoms with Crippen LogP contribution >= 0.6 is 0 Å². The van der Waals surface area contributed by atoms with Gasteiger partial charge in [0.25, 0.3) is 0 Å². The maximum Gasteiger partial charge on any atom is 0.153 e. The molecule has 0 radical (unpaired) electrons. The van der Waals surface area contributed by atoms with Crippen molar-refractivity contribution in [2.75, 3.05) is 0 Å². The first-order valence-electron chi connectivity index (χ1n) is 2.48. The maximum absolute atomic E-state index is 4.61. The molecule has 2 rings (SSSR count). The van der Waals surface area contributed by atoms with E-state index in [0.29, 0.717) is 5.52 Å². The quantitative estimate of drug-likeness (QED) is 0.512. The highest BCUT2D eigenvalue weighted by molar-refractivity contribution is 5.70. The van der Waals surface area contributed by atoms with Crippen LogP contribution in [-0.4, -0.2) is 15.4 Å². The summed E-state index contributed by atoms with van der Waals surface area (Å²) in [7, 11) is 0. The molecule has 0 aromatic carbocycles. The Morgan fingerprint density at radius 1 is 1.33 bits per heavy atom. The summed E-state index contributed by atoms with van der Waals surface area (Å²) >= 11 is 0. The average Bonchev–Trinajstić information content (AvgIpc) is 2.33. The predicted molar refractivity (Wildman–Crippen MR) is 29.6 cm³/mol. The summed E-state index contributed by atoms with van der Waals surface area (Å²) in [6.07, 6.45) is 3.03. The van der Waals surface area contributed by atoms with Gasteiger partial charge < -0.3 is 4.52 Å². The Morgan fingerprint density at radius 3 is 3.22 bits per heavy atom. The first-order valence-corrected chi connectivity index (χ1v) is 2.48. The van der Waals surface area contributed by atoms with Gasteiger partial charge in [0.15, 0.2) is 11.8 Å². The van der Waals surface area contributed by atoms with Gasteiger partial charge >= 0.3 is 0 Å². The van der Waals surface area contributed by atoms with E-state index in [-0.39, 0.29) is 0 Å². The molecule has 44 valence electrons. The number of hydrogen-bond acceptors (Lipinski definition) is 4. The van der Waals surface area contributed by atoms with Crippen LogP contribution in [-0.2, 0) is 0 Å². The molecular weight excluding hydrogens is 118 g/mol. The number of rotatable bonds is 0. The van der Waals surface area contributed by atoms with Gasteiger partial charge in [-0.15, -0.1) is 5.10 Å². The molecule has 0 aliphatic rings. The van der Waals surface area contributed by atoms with Crippen molar-refractivity contribution in [3.05, 3.63) is 18.5 Å². The van der Waals surface area contributed by atoms with Crippen LogP contribution in [0.25, 0.3) is 11.0 Å². The van der Waals surface area contributed by atoms with Crippen molar-refractivity contribution in [1.82, 2.24) is 15.4 Å². The van der Waals surface area contributed by atoms with Crippen LogP contribution in [0.1, 0.15) is 0 Å². The van der Waals surface area contributed by atoms with Crippen molar-refractivity contribution in [1.29, 1.82) is 0 Å². The normalized spacial score (nSPS) is 10.2. The molecule has 4 heteroatoms. The maximum atomic E-state index is 4.61. The van der Waals surface area contributed by atoms with Crippen LogP contribution in [0.15, 0.2) is 23.0 Å². The third-order valence-corrected chi connectivity index (χ3v) is 1.04. The molecule has 4 nitrogen and oxygen atoms in total. The number of hydrogen-bond donors (Lipinski definition) is 0. The van der Waals surface area contributed by atoms with Crippen molar-refractivity contribution in [2.24, 2.45) is 0 Å². The smallest absolute Gasteiger partial charge is 0.153 e.